The van der Waals surface area contributed by atoms with Crippen molar-refractivity contribution in [2.75, 3.05) is 13.2 Å². The molecule has 1 rings (SSSR count). The van der Waals surface area contributed by atoms with E-state index in [9.17, 15) is 4.79 Å². The minimum absolute atomic E-state index is 0.00849. The molecular formula is C11H23NO4Si. The summed E-state index contributed by atoms with van der Waals surface area (Å²) in [5, 5.41) is 0. The third kappa shape index (κ3) is 25.2. The highest BCUT2D eigenvalue weighted by molar-refractivity contribution is 6.27. The third-order valence-electron chi connectivity index (χ3n) is 1.56. The molecule has 0 aromatic rings. The number of carbonyl (C=O) groups is 1. The van der Waals surface area contributed by atoms with E-state index in [0.29, 0.717) is 6.61 Å². The van der Waals surface area contributed by atoms with Crippen molar-refractivity contribution >= 4 is 15.9 Å². The first-order valence-corrected chi connectivity index (χ1v) is 7.14. The maximum absolute atomic E-state index is 9.60. The summed E-state index contributed by atoms with van der Waals surface area (Å²) in [6.45, 7) is 9.63. The van der Waals surface area contributed by atoms with E-state index in [4.69, 9.17) is 4.43 Å². The average Bonchev–Trinajstić information content (AvgIpc) is 2.34. The van der Waals surface area contributed by atoms with Crippen LogP contribution in [0.3, 0.4) is 0 Å². The van der Waals surface area contributed by atoms with Crippen LogP contribution in [-0.2, 0) is 13.9 Å². The van der Waals surface area contributed by atoms with Crippen LogP contribution >= 0.6 is 0 Å². The highest BCUT2D eigenvalue weighted by Gasteiger charge is 1.96. The molecule has 2 N–H and O–H groups in total. The molecule has 1 amide bonds. The third-order valence-corrected chi connectivity index (χ3v) is 2.92. The molecule has 1 aliphatic rings. The van der Waals surface area contributed by atoms with Gasteiger partial charge in [-0.3, -0.25) is 0 Å². The molecular weight excluding hydrogens is 238 g/mol. The van der Waals surface area contributed by atoms with Gasteiger partial charge in [0.05, 0.1) is 19.1 Å². The average molecular weight is 261 g/mol. The summed E-state index contributed by atoms with van der Waals surface area (Å²) >= 11 is 0. The molecule has 0 spiro atoms. The molecule has 0 aliphatic carbocycles. The smallest absolute Gasteiger partial charge is 0.404 e. The van der Waals surface area contributed by atoms with Crippen LogP contribution in [0.1, 0.15) is 19.8 Å². The highest BCUT2D eigenvalue weighted by atomic mass is 28.2. The standard InChI is InChI=1S/C4H10OSi.C4H6O.C3H7NO2/c1-2-4-6-5-3-1;1-3-5-4-2;1-2-6-3(4)5/h1-4,6H2;3-4H,1-2H2;2H2,1H3,(H2,4,5). The van der Waals surface area contributed by atoms with Crippen LogP contribution in [0, 0.1) is 0 Å². The van der Waals surface area contributed by atoms with Crippen molar-refractivity contribution in [1.29, 1.82) is 0 Å². The van der Waals surface area contributed by atoms with Crippen molar-refractivity contribution in [2.45, 2.75) is 25.8 Å². The normalized spacial score (nSPS) is 14.2. The molecule has 6 heteroatoms. The van der Waals surface area contributed by atoms with Crippen molar-refractivity contribution in [3.8, 4) is 0 Å². The molecule has 0 radical (unpaired) electrons. The van der Waals surface area contributed by atoms with Crippen molar-refractivity contribution in [3.63, 3.8) is 0 Å². The van der Waals surface area contributed by atoms with Crippen LogP contribution in [-0.4, -0.2) is 29.1 Å². The predicted octanol–water partition coefficient (Wildman–Crippen LogP) is 1.69. The lowest BCUT2D eigenvalue weighted by Crippen LogP contribution is -2.11. The van der Waals surface area contributed by atoms with Crippen LogP contribution in [0.2, 0.25) is 6.04 Å². The summed E-state index contributed by atoms with van der Waals surface area (Å²) in [6.07, 6.45) is 4.66. The van der Waals surface area contributed by atoms with E-state index in [1.165, 1.54) is 31.4 Å². The highest BCUT2D eigenvalue weighted by Crippen LogP contribution is 2.01. The van der Waals surface area contributed by atoms with Crippen molar-refractivity contribution in [1.82, 2.24) is 0 Å². The Kier molecular flexibility index (Phi) is 18.2. The molecule has 0 bridgehead atoms. The van der Waals surface area contributed by atoms with Gasteiger partial charge in [-0.15, -0.1) is 0 Å². The Morgan fingerprint density at radius 2 is 2.12 bits per heavy atom. The topological polar surface area (TPSA) is 70.8 Å². The first-order chi connectivity index (χ1) is 8.18. The second kappa shape index (κ2) is 17.1. The van der Waals surface area contributed by atoms with Crippen LogP contribution in [0.15, 0.2) is 25.7 Å². The Balaban J connectivity index is 0. The van der Waals surface area contributed by atoms with Crippen LogP contribution in [0.5, 0.6) is 0 Å². The van der Waals surface area contributed by atoms with E-state index in [-0.39, 0.29) is 9.76 Å². The van der Waals surface area contributed by atoms with E-state index in [2.05, 4.69) is 28.4 Å². The van der Waals surface area contributed by atoms with Gasteiger partial charge in [0, 0.05) is 6.61 Å². The largest absolute Gasteiger partial charge is 0.474 e. The Hall–Kier alpha value is -1.27. The van der Waals surface area contributed by atoms with Crippen LogP contribution in [0.25, 0.3) is 0 Å². The molecule has 0 saturated carbocycles. The Morgan fingerprint density at radius 3 is 2.18 bits per heavy atom. The predicted molar refractivity (Wildman–Crippen MR) is 71.2 cm³/mol. The zero-order chi connectivity index (χ0) is 13.4. The molecule has 1 heterocycles. The van der Waals surface area contributed by atoms with Crippen LogP contribution < -0.4 is 5.73 Å². The number of primary amides is 1. The molecule has 0 atom stereocenters. The molecule has 1 saturated heterocycles. The first-order valence-electron chi connectivity index (χ1n) is 5.56. The molecule has 17 heavy (non-hydrogen) atoms. The van der Waals surface area contributed by atoms with E-state index in [1.54, 1.807) is 6.92 Å². The van der Waals surface area contributed by atoms with Gasteiger partial charge in [-0.25, -0.2) is 4.79 Å². The van der Waals surface area contributed by atoms with Gasteiger partial charge < -0.3 is 19.6 Å². The van der Waals surface area contributed by atoms with Gasteiger partial charge in [0.1, 0.15) is 0 Å². The van der Waals surface area contributed by atoms with Gasteiger partial charge in [-0.1, -0.05) is 19.6 Å². The summed E-state index contributed by atoms with van der Waals surface area (Å²) in [5.74, 6) is 0. The van der Waals surface area contributed by atoms with E-state index >= 15 is 0 Å². The molecule has 1 fully saturated rings. The van der Waals surface area contributed by atoms with E-state index < -0.39 is 6.09 Å². The van der Waals surface area contributed by atoms with Gasteiger partial charge in [-0.2, -0.15) is 0 Å². The molecule has 100 valence electrons. The summed E-state index contributed by atoms with van der Waals surface area (Å²) in [5.41, 5.74) is 4.54. The number of hydrogen-bond donors (Lipinski definition) is 1. The SMILES string of the molecule is C1CC[SiH2]OC1.C=COC=C.CCOC(N)=O. The van der Waals surface area contributed by atoms with Gasteiger partial charge in [0.25, 0.3) is 0 Å². The quantitative estimate of drug-likeness (QED) is 0.620. The fourth-order valence-electron chi connectivity index (χ4n) is 0.897. The fourth-order valence-corrected chi connectivity index (χ4v) is 2.07. The maximum atomic E-state index is 9.60. The van der Waals surface area contributed by atoms with Gasteiger partial charge in [-0.05, 0) is 19.4 Å². The van der Waals surface area contributed by atoms with Crippen molar-refractivity contribution < 1.29 is 18.7 Å². The molecule has 1 aliphatic heterocycles. The molecule has 5 nitrogen and oxygen atoms in total. The summed E-state index contributed by atoms with van der Waals surface area (Å²) in [6, 6.07) is 1.42. The second-order valence-electron chi connectivity index (χ2n) is 2.89. The van der Waals surface area contributed by atoms with Gasteiger partial charge >= 0.3 is 6.09 Å². The summed E-state index contributed by atoms with van der Waals surface area (Å²) in [4.78, 5) is 9.60. The first kappa shape index (κ1) is 18.1. The number of nitrogens with two attached hydrogens (primary N) is 1. The Morgan fingerprint density at radius 1 is 1.47 bits per heavy atom. The Bertz CT molecular complexity index is 178. The maximum Gasteiger partial charge on any atom is 0.404 e. The van der Waals surface area contributed by atoms with Crippen molar-refractivity contribution in [3.05, 3.63) is 25.7 Å². The zero-order valence-corrected chi connectivity index (χ0v) is 11.9. The summed E-state index contributed by atoms with van der Waals surface area (Å²) in [7, 11) is 0.00849. The molecule has 0 unspecified atom stereocenters. The lowest BCUT2D eigenvalue weighted by molar-refractivity contribution is 0.163. The van der Waals surface area contributed by atoms with Crippen LogP contribution in [0.4, 0.5) is 4.79 Å². The Labute approximate surface area is 106 Å². The number of amides is 1. The minimum Gasteiger partial charge on any atom is -0.474 e. The number of hydrogen-bond acceptors (Lipinski definition) is 4. The summed E-state index contributed by atoms with van der Waals surface area (Å²) < 4.78 is 13.7. The lowest BCUT2D eigenvalue weighted by atomic mass is 10.4. The van der Waals surface area contributed by atoms with Gasteiger partial charge in [0.2, 0.25) is 0 Å². The molecule has 0 aromatic heterocycles. The monoisotopic (exact) mass is 261 g/mol. The number of ether oxygens (including phenoxy) is 2. The second-order valence-corrected chi connectivity index (χ2v) is 4.42. The minimum atomic E-state index is -0.711. The molecule has 0 aromatic carbocycles. The van der Waals surface area contributed by atoms with Gasteiger partial charge in [0.15, 0.2) is 9.76 Å². The lowest BCUT2D eigenvalue weighted by Gasteiger charge is -2.07. The van der Waals surface area contributed by atoms with E-state index in [0.717, 1.165) is 6.61 Å². The zero-order valence-electron chi connectivity index (χ0n) is 10.5. The number of carbonyl (C=O) groups excluding carboxylic acids is 1. The van der Waals surface area contributed by atoms with E-state index in [1.807, 2.05) is 0 Å². The van der Waals surface area contributed by atoms with Crippen molar-refractivity contribution in [2.24, 2.45) is 5.73 Å². The number of rotatable bonds is 3. The fraction of sp³-hybridized carbons (Fsp3) is 0.545.